The third-order valence-corrected chi connectivity index (χ3v) is 6.58. The van der Waals surface area contributed by atoms with Crippen molar-refractivity contribution < 1.29 is 14.4 Å². The molecule has 158 valence electrons. The van der Waals surface area contributed by atoms with Crippen LogP contribution in [0, 0.1) is 11.8 Å². The van der Waals surface area contributed by atoms with Gasteiger partial charge in [-0.3, -0.25) is 14.4 Å². The van der Waals surface area contributed by atoms with Crippen molar-refractivity contribution in [2.45, 2.75) is 18.8 Å². The summed E-state index contributed by atoms with van der Waals surface area (Å²) in [6.07, 6.45) is 4.16. The fourth-order valence-corrected chi connectivity index (χ4v) is 5.05. The molecule has 0 radical (unpaired) electrons. The summed E-state index contributed by atoms with van der Waals surface area (Å²) < 4.78 is 0. The van der Waals surface area contributed by atoms with Crippen LogP contribution in [0.25, 0.3) is 0 Å². The van der Waals surface area contributed by atoms with Gasteiger partial charge >= 0.3 is 0 Å². The molecule has 0 saturated carbocycles. The Labute approximate surface area is 187 Å². The van der Waals surface area contributed by atoms with Crippen molar-refractivity contribution >= 4 is 23.3 Å². The van der Waals surface area contributed by atoms with Crippen LogP contribution in [0.1, 0.15) is 40.2 Å². The molecule has 4 atom stereocenters. The first kappa shape index (κ1) is 20.1. The molecule has 1 aliphatic carbocycles. The van der Waals surface area contributed by atoms with Gasteiger partial charge in [-0.15, -0.1) is 0 Å². The van der Waals surface area contributed by atoms with Gasteiger partial charge in [0.25, 0.3) is 0 Å². The minimum atomic E-state index is -0.499. The maximum absolute atomic E-state index is 13.8. The number of hydrogen-bond donors (Lipinski definition) is 0. The zero-order valence-corrected chi connectivity index (χ0v) is 17.7. The van der Waals surface area contributed by atoms with E-state index in [0.29, 0.717) is 11.3 Å². The second-order valence-electron chi connectivity index (χ2n) is 8.43. The molecule has 0 aromatic heterocycles. The first-order valence-corrected chi connectivity index (χ1v) is 10.8. The van der Waals surface area contributed by atoms with Crippen LogP contribution in [0.15, 0.2) is 97.1 Å². The van der Waals surface area contributed by atoms with E-state index in [-0.39, 0.29) is 29.4 Å². The summed E-state index contributed by atoms with van der Waals surface area (Å²) in [5, 5.41) is 0. The maximum Gasteiger partial charge on any atom is 0.238 e. The molecule has 4 heteroatoms. The molecule has 3 aromatic rings. The van der Waals surface area contributed by atoms with E-state index >= 15 is 0 Å². The van der Waals surface area contributed by atoms with E-state index < -0.39 is 11.8 Å². The molecule has 0 bridgehead atoms. The van der Waals surface area contributed by atoms with Gasteiger partial charge in [-0.05, 0) is 30.2 Å². The topological polar surface area (TPSA) is 54.5 Å². The number of imide groups is 1. The number of amides is 2. The summed E-state index contributed by atoms with van der Waals surface area (Å²) in [4.78, 5) is 40.8. The predicted octanol–water partition coefficient (Wildman–Crippen LogP) is 5.13. The summed E-state index contributed by atoms with van der Waals surface area (Å²) in [6, 6.07) is 26.5. The lowest BCUT2D eigenvalue weighted by molar-refractivity contribution is -0.122. The molecule has 4 nitrogen and oxygen atoms in total. The summed E-state index contributed by atoms with van der Waals surface area (Å²) in [6.45, 7) is 1.48. The Morgan fingerprint density at radius 2 is 1.19 bits per heavy atom. The minimum Gasteiger partial charge on any atom is -0.295 e. The Bertz CT molecular complexity index is 1150. The van der Waals surface area contributed by atoms with Gasteiger partial charge in [0, 0.05) is 17.4 Å². The highest BCUT2D eigenvalue weighted by Gasteiger charge is 2.55. The lowest BCUT2D eigenvalue weighted by Crippen LogP contribution is -2.31. The first-order chi connectivity index (χ1) is 15.6. The van der Waals surface area contributed by atoms with Crippen LogP contribution >= 0.6 is 0 Å². The first-order valence-electron chi connectivity index (χ1n) is 10.8. The van der Waals surface area contributed by atoms with E-state index in [4.69, 9.17) is 0 Å². The number of allylic oxidation sites excluding steroid dienone is 2. The Hall–Kier alpha value is -3.79. The van der Waals surface area contributed by atoms with E-state index in [1.807, 2.05) is 60.7 Å². The molecule has 0 N–H and O–H groups in total. The van der Waals surface area contributed by atoms with Crippen molar-refractivity contribution in [1.82, 2.24) is 0 Å². The largest absolute Gasteiger partial charge is 0.295 e. The zero-order chi connectivity index (χ0) is 22.2. The van der Waals surface area contributed by atoms with E-state index in [2.05, 4.69) is 12.2 Å². The SMILES string of the molecule is CC(=O)c1cccc(N2C(=O)[C@@H]3[C@@H](C2=O)[C@@H](c2ccccc2)C=C[C@@H]3c2ccccc2)c1. The molecule has 32 heavy (non-hydrogen) atoms. The van der Waals surface area contributed by atoms with Gasteiger partial charge in [-0.2, -0.15) is 0 Å². The normalized spacial score (nSPS) is 24.5. The van der Waals surface area contributed by atoms with Crippen molar-refractivity contribution in [2.24, 2.45) is 11.8 Å². The molecule has 2 aliphatic rings. The lowest BCUT2D eigenvalue weighted by atomic mass is 9.68. The number of rotatable bonds is 4. The van der Waals surface area contributed by atoms with Crippen LogP contribution < -0.4 is 4.90 Å². The average Bonchev–Trinajstić information content (AvgIpc) is 3.10. The Balaban J connectivity index is 1.63. The number of carbonyl (C=O) groups is 3. The number of carbonyl (C=O) groups excluding carboxylic acids is 3. The van der Waals surface area contributed by atoms with E-state index in [1.165, 1.54) is 11.8 Å². The predicted molar refractivity (Wildman–Crippen MR) is 123 cm³/mol. The molecular formula is C28H23NO3. The number of fused-ring (bicyclic) bond motifs is 1. The molecule has 1 saturated heterocycles. The third kappa shape index (κ3) is 3.28. The van der Waals surface area contributed by atoms with Crippen molar-refractivity contribution in [3.8, 4) is 0 Å². The van der Waals surface area contributed by atoms with Gasteiger partial charge in [0.15, 0.2) is 5.78 Å². The van der Waals surface area contributed by atoms with Crippen LogP contribution in [-0.4, -0.2) is 17.6 Å². The number of Topliss-reactive ketones (excluding diaryl/α,β-unsaturated/α-hetero) is 1. The molecule has 0 unspecified atom stereocenters. The Morgan fingerprint density at radius 3 is 1.66 bits per heavy atom. The van der Waals surface area contributed by atoms with Crippen molar-refractivity contribution in [1.29, 1.82) is 0 Å². The van der Waals surface area contributed by atoms with Crippen molar-refractivity contribution in [2.75, 3.05) is 4.90 Å². The highest BCUT2D eigenvalue weighted by Crippen LogP contribution is 2.50. The number of hydrogen-bond acceptors (Lipinski definition) is 3. The van der Waals surface area contributed by atoms with Gasteiger partial charge in [-0.1, -0.05) is 84.9 Å². The van der Waals surface area contributed by atoms with E-state index in [0.717, 1.165) is 11.1 Å². The maximum atomic E-state index is 13.8. The number of benzene rings is 3. The fraction of sp³-hybridized carbons (Fsp3) is 0.179. The summed E-state index contributed by atoms with van der Waals surface area (Å²) in [7, 11) is 0. The monoisotopic (exact) mass is 421 g/mol. The Morgan fingerprint density at radius 1 is 0.688 bits per heavy atom. The van der Waals surface area contributed by atoms with Crippen molar-refractivity contribution in [3.05, 3.63) is 114 Å². The van der Waals surface area contributed by atoms with Crippen LogP contribution in [0.5, 0.6) is 0 Å². The molecule has 0 spiro atoms. The third-order valence-electron chi connectivity index (χ3n) is 6.58. The molecular weight excluding hydrogens is 398 g/mol. The van der Waals surface area contributed by atoms with Gasteiger partial charge in [0.05, 0.1) is 17.5 Å². The van der Waals surface area contributed by atoms with Crippen LogP contribution in [-0.2, 0) is 9.59 Å². The molecule has 3 aromatic carbocycles. The van der Waals surface area contributed by atoms with Gasteiger partial charge < -0.3 is 0 Å². The highest BCUT2D eigenvalue weighted by atomic mass is 16.2. The van der Waals surface area contributed by atoms with Gasteiger partial charge in [0.1, 0.15) is 0 Å². The van der Waals surface area contributed by atoms with Crippen LogP contribution in [0.4, 0.5) is 5.69 Å². The van der Waals surface area contributed by atoms with Crippen LogP contribution in [0.2, 0.25) is 0 Å². The molecule has 1 heterocycles. The lowest BCUT2D eigenvalue weighted by Gasteiger charge is -2.32. The summed E-state index contributed by atoms with van der Waals surface area (Å²) in [5.74, 6) is -1.88. The highest BCUT2D eigenvalue weighted by molar-refractivity contribution is 6.23. The second kappa shape index (κ2) is 8.04. The average molecular weight is 421 g/mol. The minimum absolute atomic E-state index is 0.102. The summed E-state index contributed by atoms with van der Waals surface area (Å²) in [5.41, 5.74) is 2.98. The number of nitrogens with zero attached hydrogens (tertiary/aromatic N) is 1. The molecule has 5 rings (SSSR count). The number of ketones is 1. The zero-order valence-electron chi connectivity index (χ0n) is 17.7. The molecule has 2 amide bonds. The van der Waals surface area contributed by atoms with Crippen molar-refractivity contribution in [3.63, 3.8) is 0 Å². The van der Waals surface area contributed by atoms with Crippen LogP contribution in [0.3, 0.4) is 0 Å². The van der Waals surface area contributed by atoms with Gasteiger partial charge in [0.2, 0.25) is 11.8 Å². The number of anilines is 1. The fourth-order valence-electron chi connectivity index (χ4n) is 5.05. The summed E-state index contributed by atoms with van der Waals surface area (Å²) >= 11 is 0. The quantitative estimate of drug-likeness (QED) is 0.333. The molecule has 1 fully saturated rings. The molecule has 1 aliphatic heterocycles. The second-order valence-corrected chi connectivity index (χ2v) is 8.43. The smallest absolute Gasteiger partial charge is 0.238 e. The Kier molecular flexibility index (Phi) is 5.06. The van der Waals surface area contributed by atoms with Gasteiger partial charge in [-0.25, -0.2) is 4.90 Å². The standard InChI is InChI=1S/C28H23NO3/c1-18(30)21-13-8-14-22(17-21)29-27(31)25-23(19-9-4-2-5-10-19)15-16-24(26(25)28(29)32)20-11-6-3-7-12-20/h2-17,23-26H,1H3/t23-,24-,25+,26+/m1/s1. The van der Waals surface area contributed by atoms with E-state index in [9.17, 15) is 14.4 Å². The van der Waals surface area contributed by atoms with E-state index in [1.54, 1.807) is 24.3 Å².